The van der Waals surface area contributed by atoms with Gasteiger partial charge in [0, 0.05) is 10.0 Å². The smallest absolute Gasteiger partial charge is 0.328 e. The zero-order chi connectivity index (χ0) is 16.2. The van der Waals surface area contributed by atoms with Gasteiger partial charge >= 0.3 is 5.97 Å². The molecule has 0 saturated heterocycles. The van der Waals surface area contributed by atoms with Crippen LogP contribution in [0.25, 0.3) is 0 Å². The van der Waals surface area contributed by atoms with E-state index in [0.29, 0.717) is 15.6 Å². The number of hydrogen-bond donors (Lipinski definition) is 1. The molecule has 0 heterocycles. The first-order valence-corrected chi connectivity index (χ1v) is 7.31. The van der Waals surface area contributed by atoms with E-state index in [1.54, 1.807) is 45.9 Å². The molecule has 0 unspecified atom stereocenters. The van der Waals surface area contributed by atoms with E-state index in [1.165, 1.54) is 0 Å². The molecule has 6 heteroatoms. The van der Waals surface area contributed by atoms with E-state index in [2.05, 4.69) is 5.32 Å². The summed E-state index contributed by atoms with van der Waals surface area (Å²) in [6.07, 6.45) is 0.00560. The van der Waals surface area contributed by atoms with Crippen molar-refractivity contribution in [1.29, 1.82) is 0 Å². The molecule has 4 nitrogen and oxygen atoms in total. The Bertz CT molecular complexity index is 518. The number of benzene rings is 1. The number of amides is 1. The Hall–Kier alpha value is -1.26. The van der Waals surface area contributed by atoms with Crippen molar-refractivity contribution in [1.82, 2.24) is 5.32 Å². The van der Waals surface area contributed by atoms with Crippen LogP contribution in [0.4, 0.5) is 0 Å². The van der Waals surface area contributed by atoms with Crippen LogP contribution in [0.3, 0.4) is 0 Å². The number of esters is 1. The summed E-state index contributed by atoms with van der Waals surface area (Å²) in [6, 6.07) is 4.29. The largest absolute Gasteiger partial charge is 0.458 e. The highest BCUT2D eigenvalue weighted by atomic mass is 35.5. The molecule has 0 spiro atoms. The molecular weight excluding hydrogens is 313 g/mol. The predicted octanol–water partition coefficient (Wildman–Crippen LogP) is 3.38. The van der Waals surface area contributed by atoms with Gasteiger partial charge in [0.2, 0.25) is 5.91 Å². The van der Waals surface area contributed by atoms with E-state index in [0.717, 1.165) is 0 Å². The summed E-state index contributed by atoms with van der Waals surface area (Å²) < 4.78 is 5.19. The highest BCUT2D eigenvalue weighted by Gasteiger charge is 2.23. The number of hydrogen-bond acceptors (Lipinski definition) is 3. The second-order valence-electron chi connectivity index (χ2n) is 5.70. The van der Waals surface area contributed by atoms with Crippen molar-refractivity contribution < 1.29 is 14.3 Å². The second-order valence-corrected chi connectivity index (χ2v) is 6.51. The van der Waals surface area contributed by atoms with Gasteiger partial charge in [-0.05, 0) is 45.4 Å². The topological polar surface area (TPSA) is 55.4 Å². The Labute approximate surface area is 134 Å². The van der Waals surface area contributed by atoms with Gasteiger partial charge in [-0.25, -0.2) is 4.79 Å². The Morgan fingerprint density at radius 2 is 1.76 bits per heavy atom. The summed E-state index contributed by atoms with van der Waals surface area (Å²) >= 11 is 12.0. The number of ether oxygens (including phenoxy) is 1. The van der Waals surface area contributed by atoms with Crippen molar-refractivity contribution in [3.8, 4) is 0 Å². The lowest BCUT2D eigenvalue weighted by atomic mass is 10.1. The fourth-order valence-corrected chi connectivity index (χ4v) is 2.13. The molecule has 21 heavy (non-hydrogen) atoms. The molecular formula is C15H19Cl2NO3. The quantitative estimate of drug-likeness (QED) is 0.860. The molecule has 1 atom stereocenters. The normalized spacial score (nSPS) is 12.7. The van der Waals surface area contributed by atoms with Gasteiger partial charge in [-0.1, -0.05) is 29.3 Å². The van der Waals surface area contributed by atoms with Gasteiger partial charge in [0.1, 0.15) is 11.6 Å². The molecule has 0 aliphatic rings. The van der Waals surface area contributed by atoms with Crippen molar-refractivity contribution >= 4 is 35.1 Å². The summed E-state index contributed by atoms with van der Waals surface area (Å²) in [7, 11) is 0. The molecule has 0 aliphatic heterocycles. The first kappa shape index (κ1) is 17.8. The van der Waals surface area contributed by atoms with Crippen LogP contribution in [-0.4, -0.2) is 23.5 Å². The zero-order valence-corrected chi connectivity index (χ0v) is 14.0. The number of nitrogens with one attached hydrogen (secondary N) is 1. The zero-order valence-electron chi connectivity index (χ0n) is 12.5. The van der Waals surface area contributed by atoms with Crippen molar-refractivity contribution in [2.75, 3.05) is 0 Å². The Kier molecular flexibility index (Phi) is 6.05. The lowest BCUT2D eigenvalue weighted by Crippen LogP contribution is -2.42. The Morgan fingerprint density at radius 3 is 2.24 bits per heavy atom. The first-order valence-electron chi connectivity index (χ1n) is 6.55. The van der Waals surface area contributed by atoms with Crippen LogP contribution < -0.4 is 5.32 Å². The van der Waals surface area contributed by atoms with Crippen LogP contribution in [0.1, 0.15) is 33.3 Å². The molecule has 0 aliphatic carbocycles. The van der Waals surface area contributed by atoms with E-state index >= 15 is 0 Å². The van der Waals surface area contributed by atoms with Crippen LogP contribution in [-0.2, 0) is 20.7 Å². The maximum Gasteiger partial charge on any atom is 0.328 e. The fourth-order valence-electron chi connectivity index (χ4n) is 1.60. The van der Waals surface area contributed by atoms with E-state index in [9.17, 15) is 9.59 Å². The van der Waals surface area contributed by atoms with Crippen molar-refractivity contribution in [3.05, 3.63) is 33.8 Å². The van der Waals surface area contributed by atoms with Crippen LogP contribution in [0.5, 0.6) is 0 Å². The third kappa shape index (κ3) is 5.94. The summed E-state index contributed by atoms with van der Waals surface area (Å²) in [5, 5.41) is 3.41. The van der Waals surface area contributed by atoms with Gasteiger partial charge < -0.3 is 10.1 Å². The molecule has 0 fully saturated rings. The maximum atomic E-state index is 12.0. The van der Waals surface area contributed by atoms with E-state index in [1.807, 2.05) is 0 Å². The highest BCUT2D eigenvalue weighted by Crippen LogP contribution is 2.24. The molecule has 1 rings (SSSR count). The molecule has 1 amide bonds. The molecule has 116 valence electrons. The van der Waals surface area contributed by atoms with E-state index in [-0.39, 0.29) is 12.3 Å². The van der Waals surface area contributed by atoms with Gasteiger partial charge in [-0.2, -0.15) is 0 Å². The summed E-state index contributed by atoms with van der Waals surface area (Å²) in [5.74, 6) is -0.829. The number of carbonyl (C=O) groups is 2. The molecule has 0 aromatic heterocycles. The molecule has 0 bridgehead atoms. The van der Waals surface area contributed by atoms with Gasteiger partial charge in [0.25, 0.3) is 0 Å². The number of rotatable bonds is 4. The fraction of sp³-hybridized carbons (Fsp3) is 0.467. The predicted molar refractivity (Wildman–Crippen MR) is 83.6 cm³/mol. The van der Waals surface area contributed by atoms with Crippen molar-refractivity contribution in [2.45, 2.75) is 45.8 Å². The first-order chi connectivity index (χ1) is 9.60. The number of halogens is 2. The minimum atomic E-state index is -0.738. The molecule has 1 aromatic carbocycles. The minimum absolute atomic E-state index is 0.00560. The minimum Gasteiger partial charge on any atom is -0.458 e. The van der Waals surface area contributed by atoms with E-state index < -0.39 is 17.6 Å². The van der Waals surface area contributed by atoms with Gasteiger partial charge in [-0.15, -0.1) is 0 Å². The standard InChI is InChI=1S/C15H19Cl2NO3/c1-9(14(20)21-15(2,3)4)18-13(19)8-10-11(16)6-5-7-12(10)17/h5-7,9H,8H2,1-4H3,(H,18,19)/t9-/m1/s1. The van der Waals surface area contributed by atoms with Crippen molar-refractivity contribution in [2.24, 2.45) is 0 Å². The summed E-state index contributed by atoms with van der Waals surface area (Å²) in [4.78, 5) is 23.8. The lowest BCUT2D eigenvalue weighted by molar-refractivity contribution is -0.158. The van der Waals surface area contributed by atoms with Gasteiger partial charge in [0.15, 0.2) is 0 Å². The highest BCUT2D eigenvalue weighted by molar-refractivity contribution is 6.36. The molecule has 1 N–H and O–H groups in total. The monoisotopic (exact) mass is 331 g/mol. The maximum absolute atomic E-state index is 12.0. The van der Waals surface area contributed by atoms with Gasteiger partial charge in [0.05, 0.1) is 6.42 Å². The van der Waals surface area contributed by atoms with Crippen LogP contribution in [0.15, 0.2) is 18.2 Å². The third-order valence-corrected chi connectivity index (χ3v) is 3.25. The van der Waals surface area contributed by atoms with Crippen LogP contribution in [0, 0.1) is 0 Å². The second kappa shape index (κ2) is 7.14. The average Bonchev–Trinajstić information content (AvgIpc) is 2.31. The molecule has 1 aromatic rings. The summed E-state index contributed by atoms with van der Waals surface area (Å²) in [6.45, 7) is 6.87. The Morgan fingerprint density at radius 1 is 1.24 bits per heavy atom. The van der Waals surface area contributed by atoms with E-state index in [4.69, 9.17) is 27.9 Å². The van der Waals surface area contributed by atoms with Gasteiger partial charge in [-0.3, -0.25) is 4.79 Å². The summed E-state index contributed by atoms with van der Waals surface area (Å²) in [5.41, 5.74) is -0.0583. The lowest BCUT2D eigenvalue weighted by Gasteiger charge is -2.22. The SMILES string of the molecule is C[C@@H](NC(=O)Cc1c(Cl)cccc1Cl)C(=O)OC(C)(C)C. The van der Waals surface area contributed by atoms with Crippen molar-refractivity contribution in [3.63, 3.8) is 0 Å². The molecule has 0 saturated carbocycles. The third-order valence-electron chi connectivity index (χ3n) is 2.54. The Balaban J connectivity index is 2.64. The van der Waals surface area contributed by atoms with Crippen LogP contribution in [0.2, 0.25) is 10.0 Å². The average molecular weight is 332 g/mol. The molecule has 0 radical (unpaired) electrons. The van der Waals surface area contributed by atoms with Crippen LogP contribution >= 0.6 is 23.2 Å². The number of carbonyl (C=O) groups excluding carboxylic acids is 2.